The molecule has 4 rings (SSSR count). The van der Waals surface area contributed by atoms with Crippen LogP contribution in [0.4, 0.5) is 15.8 Å². The minimum absolute atomic E-state index is 0.214. The summed E-state index contributed by atoms with van der Waals surface area (Å²) in [6, 6.07) is 16.4. The number of carbonyl (C=O) groups is 2. The molecule has 1 atom stereocenters. The highest BCUT2D eigenvalue weighted by molar-refractivity contribution is 7.98. The van der Waals surface area contributed by atoms with Crippen molar-refractivity contribution in [1.29, 1.82) is 0 Å². The Balaban J connectivity index is 1.34. The maximum atomic E-state index is 13.9. The second-order valence-electron chi connectivity index (χ2n) is 7.47. The van der Waals surface area contributed by atoms with Crippen LogP contribution in [-0.2, 0) is 17.1 Å². The number of carbonyl (C=O) groups excluding carboxylic acids is 2. The van der Waals surface area contributed by atoms with Crippen LogP contribution in [0, 0.1) is 5.82 Å². The van der Waals surface area contributed by atoms with Crippen molar-refractivity contribution >= 4 is 58.2 Å². The van der Waals surface area contributed by atoms with Gasteiger partial charge < -0.3 is 16.0 Å². The van der Waals surface area contributed by atoms with Crippen LogP contribution in [0.2, 0.25) is 10.0 Å². The van der Waals surface area contributed by atoms with Crippen molar-refractivity contribution in [3.8, 4) is 0 Å². The van der Waals surface area contributed by atoms with Crippen molar-refractivity contribution in [2.24, 2.45) is 0 Å². The Morgan fingerprint density at radius 1 is 1.06 bits per heavy atom. The fraction of sp³-hybridized carbons (Fsp3) is 0.167. The topological polar surface area (TPSA) is 70.2 Å². The molecule has 0 saturated heterocycles. The van der Waals surface area contributed by atoms with Gasteiger partial charge in [-0.05, 0) is 48.0 Å². The molecule has 5 nitrogen and oxygen atoms in total. The van der Waals surface area contributed by atoms with Crippen LogP contribution in [0.15, 0.2) is 60.7 Å². The third-order valence-corrected chi connectivity index (χ3v) is 6.81. The normalized spacial score (nSPS) is 14.8. The molecule has 2 amide bonds. The summed E-state index contributed by atoms with van der Waals surface area (Å²) in [4.78, 5) is 25.1. The lowest BCUT2D eigenvalue weighted by molar-refractivity contribution is -0.116. The molecular weight excluding hydrogens is 484 g/mol. The van der Waals surface area contributed by atoms with Gasteiger partial charge in [0.1, 0.15) is 11.9 Å². The standard InChI is InChI=1S/C24H20Cl2FN3O2S/c25-16-7-4-14(5-8-16)11-28-23(31)15-6-9-20-21(10-15)30-24(32)22(29-20)13-33-12-17-18(26)2-1-3-19(17)27/h1-10,22,29H,11-13H2,(H,28,31)(H,30,32)/t22-/m1/s1. The van der Waals surface area contributed by atoms with Gasteiger partial charge in [0.25, 0.3) is 5.91 Å². The summed E-state index contributed by atoms with van der Waals surface area (Å²) in [7, 11) is 0. The third-order valence-electron chi connectivity index (χ3n) is 5.14. The summed E-state index contributed by atoms with van der Waals surface area (Å²) >= 11 is 13.4. The molecule has 0 spiro atoms. The molecule has 9 heteroatoms. The van der Waals surface area contributed by atoms with Gasteiger partial charge in [0, 0.05) is 39.2 Å². The molecule has 1 aliphatic heterocycles. The first-order valence-electron chi connectivity index (χ1n) is 10.2. The molecule has 3 N–H and O–H groups in total. The number of nitrogens with one attached hydrogen (secondary N) is 3. The minimum atomic E-state index is -0.488. The first-order chi connectivity index (χ1) is 15.9. The van der Waals surface area contributed by atoms with Crippen molar-refractivity contribution in [1.82, 2.24) is 5.32 Å². The van der Waals surface area contributed by atoms with Gasteiger partial charge in [-0.25, -0.2) is 4.39 Å². The Bertz CT molecular complexity index is 1170. The van der Waals surface area contributed by atoms with Crippen LogP contribution in [0.3, 0.4) is 0 Å². The van der Waals surface area contributed by atoms with Crippen LogP contribution in [0.5, 0.6) is 0 Å². The number of hydrogen-bond acceptors (Lipinski definition) is 4. The summed E-state index contributed by atoms with van der Waals surface area (Å²) in [6.07, 6.45) is 0. The number of halogens is 3. The lowest BCUT2D eigenvalue weighted by atomic mass is 10.1. The van der Waals surface area contributed by atoms with Crippen LogP contribution < -0.4 is 16.0 Å². The Labute approximate surface area is 205 Å². The molecule has 0 bridgehead atoms. The first kappa shape index (κ1) is 23.4. The average molecular weight is 504 g/mol. The maximum Gasteiger partial charge on any atom is 0.251 e. The summed E-state index contributed by atoms with van der Waals surface area (Å²) in [5.74, 6) is -0.0337. The highest BCUT2D eigenvalue weighted by atomic mass is 35.5. The third kappa shape index (κ3) is 5.79. The fourth-order valence-electron chi connectivity index (χ4n) is 3.34. The van der Waals surface area contributed by atoms with Crippen molar-refractivity contribution in [2.45, 2.75) is 18.3 Å². The van der Waals surface area contributed by atoms with E-state index in [1.165, 1.54) is 17.8 Å². The smallest absolute Gasteiger partial charge is 0.251 e. The average Bonchev–Trinajstić information content (AvgIpc) is 2.80. The number of fused-ring (bicyclic) bond motifs is 1. The summed E-state index contributed by atoms with van der Waals surface area (Å²) < 4.78 is 13.9. The zero-order chi connectivity index (χ0) is 23.4. The van der Waals surface area contributed by atoms with E-state index in [2.05, 4.69) is 16.0 Å². The quantitative estimate of drug-likeness (QED) is 0.385. The van der Waals surface area contributed by atoms with E-state index in [0.717, 1.165) is 11.3 Å². The van der Waals surface area contributed by atoms with E-state index in [9.17, 15) is 14.0 Å². The van der Waals surface area contributed by atoms with Gasteiger partial charge in [-0.2, -0.15) is 11.8 Å². The molecule has 0 saturated carbocycles. The second-order valence-corrected chi connectivity index (χ2v) is 9.34. The summed E-state index contributed by atoms with van der Waals surface area (Å²) in [5.41, 5.74) is 3.05. The number of anilines is 2. The van der Waals surface area contributed by atoms with Crippen molar-refractivity contribution < 1.29 is 14.0 Å². The minimum Gasteiger partial charge on any atom is -0.371 e. The van der Waals surface area contributed by atoms with Crippen LogP contribution in [0.25, 0.3) is 0 Å². The predicted molar refractivity (Wildman–Crippen MR) is 133 cm³/mol. The second kappa shape index (κ2) is 10.5. The van der Waals surface area contributed by atoms with E-state index in [1.54, 1.807) is 42.5 Å². The first-order valence-corrected chi connectivity index (χ1v) is 12.1. The number of thioether (sulfide) groups is 1. The number of benzene rings is 3. The molecular formula is C24H20Cl2FN3O2S. The van der Waals surface area contributed by atoms with E-state index in [0.29, 0.717) is 44.9 Å². The Hall–Kier alpha value is -2.74. The van der Waals surface area contributed by atoms with Gasteiger partial charge in [-0.3, -0.25) is 9.59 Å². The van der Waals surface area contributed by atoms with Crippen LogP contribution in [-0.4, -0.2) is 23.6 Å². The van der Waals surface area contributed by atoms with Crippen molar-refractivity contribution in [2.75, 3.05) is 16.4 Å². The van der Waals surface area contributed by atoms with Gasteiger partial charge in [0.05, 0.1) is 11.4 Å². The van der Waals surface area contributed by atoms with Gasteiger partial charge in [-0.15, -0.1) is 0 Å². The lowest BCUT2D eigenvalue weighted by Gasteiger charge is -2.27. The van der Waals surface area contributed by atoms with Crippen molar-refractivity contribution in [3.63, 3.8) is 0 Å². The largest absolute Gasteiger partial charge is 0.371 e. The predicted octanol–water partition coefficient (Wildman–Crippen LogP) is 5.73. The van der Waals surface area contributed by atoms with E-state index in [-0.39, 0.29) is 17.6 Å². The maximum absolute atomic E-state index is 13.9. The Kier molecular flexibility index (Phi) is 7.42. The highest BCUT2D eigenvalue weighted by Crippen LogP contribution is 2.30. The van der Waals surface area contributed by atoms with E-state index in [4.69, 9.17) is 23.2 Å². The zero-order valence-corrected chi connectivity index (χ0v) is 19.7. The number of amides is 2. The van der Waals surface area contributed by atoms with Gasteiger partial charge in [0.15, 0.2) is 0 Å². The van der Waals surface area contributed by atoms with Crippen LogP contribution >= 0.6 is 35.0 Å². The molecule has 0 unspecified atom stereocenters. The monoisotopic (exact) mass is 503 g/mol. The van der Waals surface area contributed by atoms with Crippen molar-refractivity contribution in [3.05, 3.63) is 93.2 Å². The Morgan fingerprint density at radius 3 is 2.61 bits per heavy atom. The van der Waals surface area contributed by atoms with Gasteiger partial charge in [-0.1, -0.05) is 41.4 Å². The molecule has 0 fully saturated rings. The van der Waals surface area contributed by atoms with E-state index < -0.39 is 6.04 Å². The SMILES string of the molecule is O=C(NCc1ccc(Cl)cc1)c1ccc2c(c1)NC(=O)[C@@H](CSCc1c(F)cccc1Cl)N2. The zero-order valence-electron chi connectivity index (χ0n) is 17.3. The number of hydrogen-bond donors (Lipinski definition) is 3. The fourth-order valence-corrected chi connectivity index (χ4v) is 4.86. The molecule has 33 heavy (non-hydrogen) atoms. The molecule has 0 aliphatic carbocycles. The molecule has 1 heterocycles. The number of rotatable bonds is 7. The molecule has 3 aromatic carbocycles. The summed E-state index contributed by atoms with van der Waals surface area (Å²) in [6.45, 7) is 0.364. The van der Waals surface area contributed by atoms with Gasteiger partial charge in [0.2, 0.25) is 5.91 Å². The van der Waals surface area contributed by atoms with Gasteiger partial charge >= 0.3 is 0 Å². The molecule has 1 aliphatic rings. The van der Waals surface area contributed by atoms with E-state index in [1.807, 2.05) is 12.1 Å². The van der Waals surface area contributed by atoms with E-state index >= 15 is 0 Å². The Morgan fingerprint density at radius 2 is 1.85 bits per heavy atom. The molecule has 0 radical (unpaired) electrons. The highest BCUT2D eigenvalue weighted by Gasteiger charge is 2.26. The lowest BCUT2D eigenvalue weighted by Crippen LogP contribution is -2.40. The molecule has 170 valence electrons. The van der Waals surface area contributed by atoms with Crippen LogP contribution in [0.1, 0.15) is 21.5 Å². The molecule has 0 aromatic heterocycles. The summed E-state index contributed by atoms with van der Waals surface area (Å²) in [5, 5.41) is 9.90. The molecule has 3 aromatic rings.